The number of carbonyl (C=O) groups is 1. The summed E-state index contributed by atoms with van der Waals surface area (Å²) >= 11 is 4.64. The van der Waals surface area contributed by atoms with E-state index in [9.17, 15) is 18.0 Å². The van der Waals surface area contributed by atoms with Crippen LogP contribution in [0.5, 0.6) is 0 Å². The normalized spacial score (nSPS) is 19.7. The van der Waals surface area contributed by atoms with Gasteiger partial charge in [0, 0.05) is 57.1 Å². The van der Waals surface area contributed by atoms with Crippen molar-refractivity contribution >= 4 is 34.7 Å². The molecular weight excluding hydrogens is 559 g/mol. The van der Waals surface area contributed by atoms with E-state index in [4.69, 9.17) is 20.6 Å². The van der Waals surface area contributed by atoms with Crippen molar-refractivity contribution in [3.63, 3.8) is 0 Å². The number of imidazole rings is 1. The second-order valence-corrected chi connectivity index (χ2v) is 10.5. The van der Waals surface area contributed by atoms with E-state index < -0.39 is 11.7 Å². The quantitative estimate of drug-likeness (QED) is 0.434. The van der Waals surface area contributed by atoms with Crippen LogP contribution in [0.1, 0.15) is 41.9 Å². The summed E-state index contributed by atoms with van der Waals surface area (Å²) in [6.07, 6.45) is -2.88. The molecule has 2 aliphatic rings. The number of morpholine rings is 1. The molecule has 2 saturated heterocycles. The molecule has 5 rings (SSSR count). The number of fused-ring (bicyclic) bond motifs is 1. The Balaban J connectivity index is 0.00000189. The van der Waals surface area contributed by atoms with Crippen LogP contribution in [-0.2, 0) is 28.5 Å². The third kappa shape index (κ3) is 6.87. The molecule has 9 nitrogen and oxygen atoms in total. The zero-order chi connectivity index (χ0) is 29.9. The summed E-state index contributed by atoms with van der Waals surface area (Å²) in [6.45, 7) is 9.05. The van der Waals surface area contributed by atoms with E-state index >= 15 is 0 Å². The number of nitrogens with zero attached hydrogens (tertiary/aromatic N) is 5. The van der Waals surface area contributed by atoms with Gasteiger partial charge in [-0.15, -0.1) is 16.7 Å². The van der Waals surface area contributed by atoms with Crippen molar-refractivity contribution in [3.05, 3.63) is 52.3 Å². The minimum absolute atomic E-state index is 0.00245. The molecule has 1 amide bonds. The van der Waals surface area contributed by atoms with E-state index in [1.54, 1.807) is 16.6 Å². The molecule has 3 aromatic rings. The summed E-state index contributed by atoms with van der Waals surface area (Å²) in [6, 6.07) is 6.21. The van der Waals surface area contributed by atoms with Crippen molar-refractivity contribution < 1.29 is 22.7 Å². The highest BCUT2D eigenvalue weighted by atomic mass is 35.5. The molecule has 0 bridgehead atoms. The molecule has 0 saturated carbocycles. The molecule has 13 heteroatoms. The maximum Gasteiger partial charge on any atom is 0.416 e. The molecule has 0 aliphatic carbocycles. The summed E-state index contributed by atoms with van der Waals surface area (Å²) in [5, 5.41) is 8.23. The molecule has 2 aromatic heterocycles. The number of hydrogen-bond donors (Lipinski definition) is 2. The summed E-state index contributed by atoms with van der Waals surface area (Å²) in [4.78, 5) is 22.0. The van der Waals surface area contributed by atoms with Gasteiger partial charge in [0.1, 0.15) is 0 Å². The number of benzene rings is 1. The number of nitrogens with two attached hydrogens (primary N) is 1. The van der Waals surface area contributed by atoms with Gasteiger partial charge in [-0.1, -0.05) is 12.1 Å². The van der Waals surface area contributed by atoms with E-state index in [2.05, 4.69) is 16.9 Å². The smallest absolute Gasteiger partial charge is 0.396 e. The number of rotatable bonds is 5. The molecule has 0 radical (unpaired) electrons. The van der Waals surface area contributed by atoms with Crippen molar-refractivity contribution in [1.29, 1.82) is 0 Å². The Morgan fingerprint density at radius 3 is 2.46 bits per heavy atom. The molecule has 2 atom stereocenters. The fraction of sp³-hybridized carbons (Fsp3) is 0.536. The first-order chi connectivity index (χ1) is 19.5. The fourth-order valence-electron chi connectivity index (χ4n) is 5.53. The van der Waals surface area contributed by atoms with Gasteiger partial charge in [-0.3, -0.25) is 4.79 Å². The summed E-state index contributed by atoms with van der Waals surface area (Å²) in [5.74, 6) is 0.540. The first kappa shape index (κ1) is 30.9. The average Bonchev–Trinajstić information content (AvgIpc) is 3.27. The van der Waals surface area contributed by atoms with E-state index in [-0.39, 0.29) is 36.4 Å². The molecule has 2 unspecified atom stereocenters. The van der Waals surface area contributed by atoms with Crippen LogP contribution in [0.4, 0.5) is 24.7 Å². The molecule has 2 aliphatic heterocycles. The van der Waals surface area contributed by atoms with Gasteiger partial charge < -0.3 is 25.6 Å². The lowest BCUT2D eigenvalue weighted by Gasteiger charge is -2.36. The van der Waals surface area contributed by atoms with E-state index in [1.807, 2.05) is 23.6 Å². The van der Waals surface area contributed by atoms with Crippen molar-refractivity contribution in [3.8, 4) is 0 Å². The van der Waals surface area contributed by atoms with Gasteiger partial charge in [-0.25, -0.2) is 9.50 Å². The summed E-state index contributed by atoms with van der Waals surface area (Å²) in [7, 11) is 0. The summed E-state index contributed by atoms with van der Waals surface area (Å²) < 4.78 is 48.1. The third-order valence-electron chi connectivity index (χ3n) is 7.45. The lowest BCUT2D eigenvalue weighted by molar-refractivity contribution is -0.138. The standard InChI is InChI=1S/C27H34F3N7O2.CH3Cl/c1-16-14-36(15-17(2)32-16)25(38)13-22-23(11-19-5-4-6-20(18(19)3)27(28,29)30)37-26(33-22)21(31)12-24(34-37)35-7-9-39-10-8-35;1-2/h4-6,12,16-17,32H,7-11,13-15,31H2,1-3H3;1H3. The molecule has 3 N–H and O–H groups in total. The first-order valence-corrected chi connectivity index (χ1v) is 14.3. The van der Waals surface area contributed by atoms with E-state index in [0.29, 0.717) is 73.5 Å². The lowest BCUT2D eigenvalue weighted by atomic mass is 9.97. The van der Waals surface area contributed by atoms with Crippen LogP contribution >= 0.6 is 11.6 Å². The Hall–Kier alpha value is -3.09. The van der Waals surface area contributed by atoms with E-state index in [1.165, 1.54) is 19.4 Å². The zero-order valence-corrected chi connectivity index (χ0v) is 24.5. The first-order valence-electron chi connectivity index (χ1n) is 13.6. The number of piperazine rings is 1. The molecule has 2 fully saturated rings. The van der Waals surface area contributed by atoms with Crippen LogP contribution in [-0.4, -0.2) is 83.3 Å². The molecular formula is C28H37ClF3N7O2. The summed E-state index contributed by atoms with van der Waals surface area (Å²) in [5.41, 5.74) is 8.16. The Morgan fingerprint density at radius 1 is 1.17 bits per heavy atom. The van der Waals surface area contributed by atoms with Gasteiger partial charge in [-0.2, -0.15) is 13.2 Å². The highest BCUT2D eigenvalue weighted by molar-refractivity contribution is 6.15. The van der Waals surface area contributed by atoms with Crippen LogP contribution in [0.15, 0.2) is 24.3 Å². The topological polar surface area (TPSA) is 101 Å². The lowest BCUT2D eigenvalue weighted by Crippen LogP contribution is -2.56. The van der Waals surface area contributed by atoms with Gasteiger partial charge in [-0.05, 0) is 38.0 Å². The molecule has 1 aromatic carbocycles. The second-order valence-electron chi connectivity index (χ2n) is 10.5. The fourth-order valence-corrected chi connectivity index (χ4v) is 5.53. The van der Waals surface area contributed by atoms with Crippen molar-refractivity contribution in [2.45, 2.75) is 51.9 Å². The van der Waals surface area contributed by atoms with Gasteiger partial charge >= 0.3 is 6.18 Å². The number of amides is 1. The Kier molecular flexibility index (Phi) is 9.66. The third-order valence-corrected chi connectivity index (χ3v) is 7.45. The van der Waals surface area contributed by atoms with Gasteiger partial charge in [0.25, 0.3) is 0 Å². The maximum atomic E-state index is 13.7. The van der Waals surface area contributed by atoms with Crippen molar-refractivity contribution in [2.75, 3.05) is 56.4 Å². The maximum absolute atomic E-state index is 13.7. The van der Waals surface area contributed by atoms with Crippen molar-refractivity contribution in [2.24, 2.45) is 0 Å². The minimum Gasteiger partial charge on any atom is -0.396 e. The molecule has 224 valence electrons. The highest BCUT2D eigenvalue weighted by Gasteiger charge is 2.33. The van der Waals surface area contributed by atoms with Gasteiger partial charge in [0.2, 0.25) is 5.91 Å². The van der Waals surface area contributed by atoms with Gasteiger partial charge in [0.05, 0.1) is 42.3 Å². The number of carbonyl (C=O) groups excluding carboxylic acids is 1. The second kappa shape index (κ2) is 12.8. The number of ether oxygens (including phenoxy) is 1. The Morgan fingerprint density at radius 2 is 1.83 bits per heavy atom. The highest BCUT2D eigenvalue weighted by Crippen LogP contribution is 2.34. The zero-order valence-electron chi connectivity index (χ0n) is 23.8. The Labute approximate surface area is 242 Å². The number of hydrogen-bond acceptors (Lipinski definition) is 7. The average molecular weight is 596 g/mol. The molecule has 0 spiro atoms. The molecule has 41 heavy (non-hydrogen) atoms. The number of nitrogens with one attached hydrogen (secondary N) is 1. The molecule has 4 heterocycles. The number of halogens is 4. The van der Waals surface area contributed by atoms with Gasteiger partial charge in [0.15, 0.2) is 11.5 Å². The van der Waals surface area contributed by atoms with Crippen molar-refractivity contribution in [1.82, 2.24) is 24.8 Å². The van der Waals surface area contributed by atoms with Crippen LogP contribution in [0.3, 0.4) is 0 Å². The largest absolute Gasteiger partial charge is 0.416 e. The Bertz CT molecular complexity index is 1360. The number of alkyl halides is 4. The van der Waals surface area contributed by atoms with Crippen LogP contribution in [0.25, 0.3) is 5.65 Å². The van der Waals surface area contributed by atoms with Crippen LogP contribution < -0.4 is 16.0 Å². The predicted octanol–water partition coefficient (Wildman–Crippen LogP) is 3.67. The van der Waals surface area contributed by atoms with E-state index in [0.717, 1.165) is 6.07 Å². The number of aromatic nitrogens is 3. The minimum atomic E-state index is -4.47. The van der Waals surface area contributed by atoms with Crippen LogP contribution in [0.2, 0.25) is 0 Å². The van der Waals surface area contributed by atoms with Crippen LogP contribution in [0, 0.1) is 6.92 Å². The SMILES string of the molecule is CCl.Cc1c(Cc2c(CC(=O)N3CC(C)NC(C)C3)nc3c(N)cc(N4CCOCC4)nn23)cccc1C(F)(F)F. The monoisotopic (exact) mass is 595 g/mol. The predicted molar refractivity (Wildman–Crippen MR) is 154 cm³/mol. The number of nitrogen functional groups attached to an aromatic ring is 1. The number of anilines is 2.